The van der Waals surface area contributed by atoms with Gasteiger partial charge in [0.25, 0.3) is 5.69 Å². The molecule has 1 aromatic rings. The smallest absolute Gasteiger partial charge is 0.376 e. The molecule has 0 atom stereocenters. The summed E-state index contributed by atoms with van der Waals surface area (Å²) in [4.78, 5) is 9.86. The van der Waals surface area contributed by atoms with Crippen LogP contribution in [0, 0.1) is 13.7 Å². The van der Waals surface area contributed by atoms with E-state index in [0.717, 1.165) is 0 Å². The van der Waals surface area contributed by atoms with Crippen LogP contribution in [-0.4, -0.2) is 17.6 Å². The fraction of sp³-hybridized carbons (Fsp3) is 0.250. The first-order chi connectivity index (χ1) is 7.29. The molecule has 0 bridgehead atoms. The predicted octanol–water partition coefficient (Wildman–Crippen LogP) is 3.17. The number of anilines is 1. The van der Waals surface area contributed by atoms with Crippen LogP contribution in [0.5, 0.6) is 0 Å². The Hall–Kier alpha value is -1.06. The Morgan fingerprint density at radius 3 is 2.50 bits per heavy atom. The summed E-state index contributed by atoms with van der Waals surface area (Å²) < 4.78 is 35.9. The molecule has 8 heteroatoms. The van der Waals surface area contributed by atoms with Gasteiger partial charge in [-0.2, -0.15) is 13.2 Å². The zero-order valence-corrected chi connectivity index (χ0v) is 9.87. The van der Waals surface area contributed by atoms with E-state index in [2.05, 4.69) is 5.32 Å². The van der Waals surface area contributed by atoms with Crippen molar-refractivity contribution < 1.29 is 18.1 Å². The summed E-state index contributed by atoms with van der Waals surface area (Å²) >= 11 is 1.70. The van der Waals surface area contributed by atoms with E-state index in [-0.39, 0.29) is 14.9 Å². The lowest BCUT2D eigenvalue weighted by molar-refractivity contribution is -0.385. The third-order valence-electron chi connectivity index (χ3n) is 1.64. The van der Waals surface area contributed by atoms with Gasteiger partial charge in [0.15, 0.2) is 0 Å². The Balaban J connectivity index is 2.78. The maximum Gasteiger partial charge on any atom is 0.405 e. The van der Waals surface area contributed by atoms with Gasteiger partial charge in [0.1, 0.15) is 6.54 Å². The van der Waals surface area contributed by atoms with Crippen LogP contribution in [0.3, 0.4) is 0 Å². The Morgan fingerprint density at radius 1 is 1.44 bits per heavy atom. The van der Waals surface area contributed by atoms with Crippen molar-refractivity contribution >= 4 is 34.0 Å². The second-order valence-electron chi connectivity index (χ2n) is 2.89. The SMILES string of the molecule is O=[N+]([O-])c1ccc(NCC(F)(F)F)cc1I. The molecule has 1 N–H and O–H groups in total. The molecule has 0 fully saturated rings. The first kappa shape index (κ1) is 13.0. The minimum atomic E-state index is -4.31. The van der Waals surface area contributed by atoms with Crippen LogP contribution in [0.4, 0.5) is 24.5 Å². The molecular weight excluding hydrogens is 340 g/mol. The molecule has 0 aliphatic heterocycles. The van der Waals surface area contributed by atoms with E-state index < -0.39 is 17.6 Å². The van der Waals surface area contributed by atoms with E-state index >= 15 is 0 Å². The Labute approximate surface area is 102 Å². The molecule has 0 aliphatic rings. The van der Waals surface area contributed by atoms with Crippen LogP contribution in [0.1, 0.15) is 0 Å². The Kier molecular flexibility index (Phi) is 3.94. The van der Waals surface area contributed by atoms with Gasteiger partial charge in [0.05, 0.1) is 8.49 Å². The van der Waals surface area contributed by atoms with Crippen LogP contribution >= 0.6 is 22.6 Å². The first-order valence-electron chi connectivity index (χ1n) is 4.04. The number of rotatable bonds is 3. The summed E-state index contributed by atoms with van der Waals surface area (Å²) in [5, 5.41) is 12.6. The van der Waals surface area contributed by atoms with Crippen LogP contribution in [-0.2, 0) is 0 Å². The summed E-state index contributed by atoms with van der Waals surface area (Å²) in [6.07, 6.45) is -4.31. The van der Waals surface area contributed by atoms with Gasteiger partial charge in [-0.1, -0.05) is 0 Å². The largest absolute Gasteiger partial charge is 0.405 e. The maximum absolute atomic E-state index is 11.9. The summed E-state index contributed by atoms with van der Waals surface area (Å²) in [5.74, 6) is 0. The number of benzene rings is 1. The lowest BCUT2D eigenvalue weighted by Gasteiger charge is -2.09. The highest BCUT2D eigenvalue weighted by atomic mass is 127. The average molecular weight is 346 g/mol. The number of nitrogens with one attached hydrogen (secondary N) is 1. The van der Waals surface area contributed by atoms with Crippen molar-refractivity contribution in [3.63, 3.8) is 0 Å². The van der Waals surface area contributed by atoms with E-state index in [4.69, 9.17) is 0 Å². The van der Waals surface area contributed by atoms with E-state index in [9.17, 15) is 23.3 Å². The zero-order chi connectivity index (χ0) is 12.3. The third kappa shape index (κ3) is 3.83. The summed E-state index contributed by atoms with van der Waals surface area (Å²) in [5.41, 5.74) is 0.0745. The van der Waals surface area contributed by atoms with Gasteiger partial charge in [-0.3, -0.25) is 10.1 Å². The molecule has 0 saturated carbocycles. The third-order valence-corrected chi connectivity index (χ3v) is 2.50. The van der Waals surface area contributed by atoms with Crippen molar-refractivity contribution in [3.8, 4) is 0 Å². The molecule has 0 spiro atoms. The zero-order valence-electron chi connectivity index (χ0n) is 7.71. The van der Waals surface area contributed by atoms with Crippen LogP contribution in [0.2, 0.25) is 0 Å². The average Bonchev–Trinajstić information content (AvgIpc) is 2.13. The Morgan fingerprint density at radius 2 is 2.06 bits per heavy atom. The lowest BCUT2D eigenvalue weighted by Crippen LogP contribution is -2.21. The first-order valence-corrected chi connectivity index (χ1v) is 5.12. The number of nitro benzene ring substituents is 1. The minimum Gasteiger partial charge on any atom is -0.376 e. The highest BCUT2D eigenvalue weighted by Gasteiger charge is 2.26. The highest BCUT2D eigenvalue weighted by molar-refractivity contribution is 14.1. The van der Waals surface area contributed by atoms with Crippen molar-refractivity contribution in [3.05, 3.63) is 31.9 Å². The van der Waals surface area contributed by atoms with Gasteiger partial charge < -0.3 is 5.32 Å². The number of nitro groups is 1. The topological polar surface area (TPSA) is 55.2 Å². The van der Waals surface area contributed by atoms with Gasteiger partial charge in [0, 0.05) is 11.8 Å². The number of alkyl halides is 3. The molecule has 0 saturated heterocycles. The minimum absolute atomic E-state index is 0.127. The van der Waals surface area contributed by atoms with Gasteiger partial charge >= 0.3 is 6.18 Å². The van der Waals surface area contributed by atoms with Gasteiger partial charge in [0.2, 0.25) is 0 Å². The van der Waals surface area contributed by atoms with Crippen LogP contribution < -0.4 is 5.32 Å². The maximum atomic E-state index is 11.9. The second kappa shape index (κ2) is 4.85. The number of hydrogen-bond acceptors (Lipinski definition) is 3. The molecule has 1 rings (SSSR count). The normalized spacial score (nSPS) is 11.2. The van der Waals surface area contributed by atoms with Crippen molar-refractivity contribution in [2.75, 3.05) is 11.9 Å². The quantitative estimate of drug-likeness (QED) is 0.520. The van der Waals surface area contributed by atoms with E-state index in [0.29, 0.717) is 0 Å². The van der Waals surface area contributed by atoms with Gasteiger partial charge in [-0.25, -0.2) is 0 Å². The molecule has 0 heterocycles. The van der Waals surface area contributed by atoms with Gasteiger partial charge in [-0.05, 0) is 34.7 Å². The molecule has 0 unspecified atom stereocenters. The predicted molar refractivity (Wildman–Crippen MR) is 60.4 cm³/mol. The molecule has 0 aliphatic carbocycles. The standard InChI is InChI=1S/C8H6F3IN2O2/c9-8(10,11)4-13-5-1-2-7(14(15)16)6(12)3-5/h1-3,13H,4H2. The van der Waals surface area contributed by atoms with Gasteiger partial charge in [-0.15, -0.1) is 0 Å². The summed E-state index contributed by atoms with van der Waals surface area (Å²) in [6.45, 7) is -1.17. The molecular formula is C8H6F3IN2O2. The lowest BCUT2D eigenvalue weighted by atomic mass is 10.3. The second-order valence-corrected chi connectivity index (χ2v) is 4.05. The monoisotopic (exact) mass is 346 g/mol. The summed E-state index contributed by atoms with van der Waals surface area (Å²) in [6, 6.07) is 3.71. The van der Waals surface area contributed by atoms with Crippen molar-refractivity contribution in [2.45, 2.75) is 6.18 Å². The number of hydrogen-bond donors (Lipinski definition) is 1. The summed E-state index contributed by atoms with van der Waals surface area (Å²) in [7, 11) is 0. The fourth-order valence-electron chi connectivity index (χ4n) is 0.967. The number of halogens is 4. The molecule has 0 amide bonds. The fourth-order valence-corrected chi connectivity index (χ4v) is 1.68. The van der Waals surface area contributed by atoms with Crippen LogP contribution in [0.15, 0.2) is 18.2 Å². The van der Waals surface area contributed by atoms with E-state index in [1.54, 1.807) is 22.6 Å². The molecule has 0 aromatic heterocycles. The Bertz CT molecular complexity index is 409. The molecule has 1 aromatic carbocycles. The van der Waals surface area contributed by atoms with Crippen molar-refractivity contribution in [2.24, 2.45) is 0 Å². The van der Waals surface area contributed by atoms with E-state index in [1.807, 2.05) is 0 Å². The van der Waals surface area contributed by atoms with Crippen molar-refractivity contribution in [1.29, 1.82) is 0 Å². The van der Waals surface area contributed by atoms with Crippen molar-refractivity contribution in [1.82, 2.24) is 0 Å². The molecule has 88 valence electrons. The highest BCUT2D eigenvalue weighted by Crippen LogP contribution is 2.25. The molecule has 0 radical (unpaired) electrons. The van der Waals surface area contributed by atoms with Crippen LogP contribution in [0.25, 0.3) is 0 Å². The van der Waals surface area contributed by atoms with E-state index in [1.165, 1.54) is 18.2 Å². The number of nitrogens with zero attached hydrogens (tertiary/aromatic N) is 1. The molecule has 16 heavy (non-hydrogen) atoms. The molecule has 4 nitrogen and oxygen atoms in total.